The Morgan fingerprint density at radius 1 is 1.08 bits per heavy atom. The van der Waals surface area contributed by atoms with Crippen molar-refractivity contribution >= 4 is 40.9 Å². The zero-order chi connectivity index (χ0) is 23.8. The predicted octanol–water partition coefficient (Wildman–Crippen LogP) is 3.24. The van der Waals surface area contributed by atoms with Crippen molar-refractivity contribution in [2.45, 2.75) is 38.6 Å². The Kier molecular flexibility index (Phi) is 6.84. The SMILES string of the molecule is Cc1nc(-c2cc3cnc(Nc4ccc(N5CCNCC5)cn4)nc3n(C3CCCC3)c2=O)no1.Cl. The Hall–Kier alpha value is -3.57. The number of piperazine rings is 1. The fraction of sp³-hybridized carbons (Fsp3) is 0.417. The maximum Gasteiger partial charge on any atom is 0.263 e. The quantitative estimate of drug-likeness (QED) is 0.414. The number of fused-ring (bicyclic) bond motifs is 1. The monoisotopic (exact) mass is 509 g/mol. The van der Waals surface area contributed by atoms with E-state index in [1.54, 1.807) is 23.8 Å². The van der Waals surface area contributed by atoms with E-state index in [9.17, 15) is 4.79 Å². The van der Waals surface area contributed by atoms with Gasteiger partial charge in [-0.25, -0.2) is 9.97 Å². The minimum Gasteiger partial charge on any atom is -0.368 e. The van der Waals surface area contributed by atoms with E-state index in [-0.39, 0.29) is 29.8 Å². The lowest BCUT2D eigenvalue weighted by Crippen LogP contribution is -2.43. The number of pyridine rings is 2. The smallest absolute Gasteiger partial charge is 0.263 e. The normalized spacial score (nSPS) is 16.3. The third-order valence-electron chi connectivity index (χ3n) is 6.70. The zero-order valence-electron chi connectivity index (χ0n) is 20.0. The van der Waals surface area contributed by atoms with Crippen LogP contribution < -0.4 is 21.1 Å². The predicted molar refractivity (Wildman–Crippen MR) is 139 cm³/mol. The molecule has 0 radical (unpaired) electrons. The summed E-state index contributed by atoms with van der Waals surface area (Å²) in [5.74, 6) is 1.75. The molecule has 2 N–H and O–H groups in total. The highest BCUT2D eigenvalue weighted by atomic mass is 35.5. The number of halogens is 1. The van der Waals surface area contributed by atoms with Crippen LogP contribution in [-0.2, 0) is 0 Å². The first-order valence-electron chi connectivity index (χ1n) is 12.1. The third kappa shape index (κ3) is 4.63. The molecule has 0 bridgehead atoms. The minimum absolute atomic E-state index is 0. The van der Waals surface area contributed by atoms with Crippen LogP contribution >= 0.6 is 12.4 Å². The van der Waals surface area contributed by atoms with Gasteiger partial charge in [-0.3, -0.25) is 9.36 Å². The van der Waals surface area contributed by atoms with Crippen LogP contribution in [0.25, 0.3) is 22.4 Å². The fourth-order valence-electron chi connectivity index (χ4n) is 4.94. The van der Waals surface area contributed by atoms with Crippen LogP contribution in [0.4, 0.5) is 17.5 Å². The summed E-state index contributed by atoms with van der Waals surface area (Å²) in [6.45, 7) is 5.58. The lowest BCUT2D eigenvalue weighted by atomic mass is 10.1. The number of aromatic nitrogens is 6. The number of hydrogen-bond acceptors (Lipinski definition) is 10. The van der Waals surface area contributed by atoms with Gasteiger partial charge in [-0.1, -0.05) is 18.0 Å². The molecule has 188 valence electrons. The van der Waals surface area contributed by atoms with Crippen LogP contribution in [0.15, 0.2) is 39.9 Å². The highest BCUT2D eigenvalue weighted by Gasteiger charge is 2.24. The number of anilines is 3. The first kappa shape index (κ1) is 24.1. The summed E-state index contributed by atoms with van der Waals surface area (Å²) in [5, 5.41) is 11.3. The summed E-state index contributed by atoms with van der Waals surface area (Å²) in [5.41, 5.74) is 1.93. The molecular weight excluding hydrogens is 482 g/mol. The summed E-state index contributed by atoms with van der Waals surface area (Å²) in [4.78, 5) is 33.9. The van der Waals surface area contributed by atoms with Crippen molar-refractivity contribution in [2.24, 2.45) is 0 Å². The molecule has 1 aliphatic carbocycles. The van der Waals surface area contributed by atoms with Gasteiger partial charge in [-0.05, 0) is 31.0 Å². The summed E-state index contributed by atoms with van der Waals surface area (Å²) in [6, 6.07) is 5.81. The van der Waals surface area contributed by atoms with Crippen molar-refractivity contribution in [1.82, 2.24) is 35.0 Å². The lowest BCUT2D eigenvalue weighted by Gasteiger charge is -2.29. The maximum atomic E-state index is 13.6. The second kappa shape index (κ2) is 10.2. The van der Waals surface area contributed by atoms with Crippen LogP contribution in [0.3, 0.4) is 0 Å². The standard InChI is InChI=1S/C24H27N9O2.ClH/c1-15-28-21(31-35-15)19-12-16-13-27-24(30-22(16)33(23(19)34)17-4-2-3-5-17)29-20-7-6-18(14-26-20)32-10-8-25-9-11-32;/h6-7,12-14,17,25H,2-5,8-11H2,1H3,(H,26,27,29,30);1H. The molecule has 4 aromatic heterocycles. The first-order chi connectivity index (χ1) is 17.2. The van der Waals surface area contributed by atoms with Gasteiger partial charge in [0.1, 0.15) is 11.5 Å². The molecule has 1 saturated carbocycles. The first-order valence-corrected chi connectivity index (χ1v) is 12.1. The molecular formula is C24H28ClN9O2. The fourth-order valence-corrected chi connectivity index (χ4v) is 4.94. The second-order valence-corrected chi connectivity index (χ2v) is 9.04. The van der Waals surface area contributed by atoms with E-state index in [4.69, 9.17) is 9.51 Å². The summed E-state index contributed by atoms with van der Waals surface area (Å²) < 4.78 is 6.91. The summed E-state index contributed by atoms with van der Waals surface area (Å²) in [7, 11) is 0. The molecule has 6 rings (SSSR count). The Morgan fingerprint density at radius 2 is 1.89 bits per heavy atom. The summed E-state index contributed by atoms with van der Waals surface area (Å²) in [6.07, 6.45) is 7.63. The summed E-state index contributed by atoms with van der Waals surface area (Å²) >= 11 is 0. The number of nitrogens with zero attached hydrogens (tertiary/aromatic N) is 7. The van der Waals surface area contributed by atoms with Gasteiger partial charge in [0.05, 0.1) is 17.4 Å². The number of aryl methyl sites for hydroxylation is 1. The minimum atomic E-state index is -0.159. The van der Waals surface area contributed by atoms with E-state index >= 15 is 0 Å². The maximum absolute atomic E-state index is 13.6. The Morgan fingerprint density at radius 3 is 2.58 bits per heavy atom. The Balaban J connectivity index is 0.00000267. The molecule has 12 heteroatoms. The van der Waals surface area contributed by atoms with E-state index in [0.717, 1.165) is 62.9 Å². The Bertz CT molecular complexity index is 1410. The van der Waals surface area contributed by atoms with Gasteiger partial charge in [0.2, 0.25) is 17.7 Å². The average Bonchev–Trinajstić information content (AvgIpc) is 3.57. The molecule has 2 fully saturated rings. The van der Waals surface area contributed by atoms with Crippen LogP contribution in [0.5, 0.6) is 0 Å². The van der Waals surface area contributed by atoms with Gasteiger partial charge >= 0.3 is 0 Å². The molecule has 11 nitrogen and oxygen atoms in total. The molecule has 0 amide bonds. The van der Waals surface area contributed by atoms with Gasteiger partial charge in [0.25, 0.3) is 5.56 Å². The van der Waals surface area contributed by atoms with Gasteiger partial charge in [-0.2, -0.15) is 9.97 Å². The average molecular weight is 510 g/mol. The largest absolute Gasteiger partial charge is 0.368 e. The van der Waals surface area contributed by atoms with Crippen molar-refractivity contribution in [1.29, 1.82) is 0 Å². The highest BCUT2D eigenvalue weighted by molar-refractivity contribution is 5.85. The van der Waals surface area contributed by atoms with Crippen molar-refractivity contribution < 1.29 is 4.52 Å². The molecule has 0 atom stereocenters. The van der Waals surface area contributed by atoms with E-state index in [1.165, 1.54) is 0 Å². The van der Waals surface area contributed by atoms with Crippen LogP contribution in [-0.4, -0.2) is 55.8 Å². The molecule has 0 aromatic carbocycles. The lowest BCUT2D eigenvalue weighted by molar-refractivity contribution is 0.394. The molecule has 1 aliphatic heterocycles. The second-order valence-electron chi connectivity index (χ2n) is 9.04. The zero-order valence-corrected chi connectivity index (χ0v) is 20.8. The number of rotatable bonds is 5. The topological polar surface area (TPSA) is 127 Å². The molecule has 2 aliphatic rings. The van der Waals surface area contributed by atoms with Crippen molar-refractivity contribution in [3.8, 4) is 11.4 Å². The van der Waals surface area contributed by atoms with E-state index < -0.39 is 0 Å². The van der Waals surface area contributed by atoms with E-state index in [0.29, 0.717) is 28.9 Å². The molecule has 0 unspecified atom stereocenters. The molecule has 0 spiro atoms. The van der Waals surface area contributed by atoms with Crippen molar-refractivity contribution in [2.75, 3.05) is 36.4 Å². The molecule has 5 heterocycles. The van der Waals surface area contributed by atoms with Gasteiger partial charge in [0, 0.05) is 50.7 Å². The van der Waals surface area contributed by atoms with Gasteiger partial charge < -0.3 is 20.1 Å². The van der Waals surface area contributed by atoms with Crippen LogP contribution in [0.2, 0.25) is 0 Å². The van der Waals surface area contributed by atoms with Crippen molar-refractivity contribution in [3.63, 3.8) is 0 Å². The van der Waals surface area contributed by atoms with Gasteiger partial charge in [-0.15, -0.1) is 12.4 Å². The van der Waals surface area contributed by atoms with Crippen LogP contribution in [0.1, 0.15) is 37.6 Å². The van der Waals surface area contributed by atoms with E-state index in [1.807, 2.05) is 12.3 Å². The van der Waals surface area contributed by atoms with Crippen molar-refractivity contribution in [3.05, 3.63) is 46.8 Å². The highest BCUT2D eigenvalue weighted by Crippen LogP contribution is 2.32. The van der Waals surface area contributed by atoms with Crippen LogP contribution in [0, 0.1) is 6.92 Å². The number of nitrogens with one attached hydrogen (secondary N) is 2. The Labute approximate surface area is 213 Å². The van der Waals surface area contributed by atoms with E-state index in [2.05, 4.69) is 41.7 Å². The molecule has 4 aromatic rings. The third-order valence-corrected chi connectivity index (χ3v) is 6.70. The van der Waals surface area contributed by atoms with Gasteiger partial charge in [0.15, 0.2) is 0 Å². The molecule has 36 heavy (non-hydrogen) atoms. The molecule has 1 saturated heterocycles. The number of hydrogen-bond donors (Lipinski definition) is 2.